The molecule has 0 radical (unpaired) electrons. The smallest absolute Gasteiger partial charge is 0.249 e. The van der Waals surface area contributed by atoms with Crippen LogP contribution in [0.15, 0.2) is 36.4 Å². The fourth-order valence-corrected chi connectivity index (χ4v) is 5.24. The number of fused-ring (bicyclic) bond motifs is 8. The molecule has 170 valence electrons. The molecule has 33 heavy (non-hydrogen) atoms. The van der Waals surface area contributed by atoms with E-state index in [9.17, 15) is 25.5 Å². The van der Waals surface area contributed by atoms with Crippen molar-refractivity contribution in [2.24, 2.45) is 0 Å². The Labute approximate surface area is 188 Å². The molecule has 1 unspecified atom stereocenters. The van der Waals surface area contributed by atoms with Crippen molar-refractivity contribution in [1.29, 1.82) is 0 Å². The van der Waals surface area contributed by atoms with Crippen molar-refractivity contribution in [3.8, 4) is 46.0 Å². The van der Waals surface area contributed by atoms with Crippen molar-refractivity contribution in [3.63, 3.8) is 0 Å². The molecule has 0 spiro atoms. The molecule has 3 aliphatic heterocycles. The normalized spacial score (nSPS) is 24.4. The topological polar surface area (TPSA) is 129 Å². The molecular weight excluding hydrogens is 428 g/mol. The van der Waals surface area contributed by atoms with Crippen LogP contribution in [0.4, 0.5) is 0 Å². The summed E-state index contributed by atoms with van der Waals surface area (Å²) in [7, 11) is 0. The highest BCUT2D eigenvalue weighted by molar-refractivity contribution is 5.66. The minimum atomic E-state index is -1.05. The third kappa shape index (κ3) is 2.90. The Kier molecular flexibility index (Phi) is 3.91. The maximum Gasteiger partial charge on any atom is 0.249 e. The van der Waals surface area contributed by atoms with Crippen LogP contribution in [0.5, 0.6) is 46.0 Å². The SMILES string of the molecule is C[C@]12C[C@H](c3c(O)cc(O)cc3O1)c1c(cc(O)c3c1OC(c1ccc(O)c(O)c1)CC3)O2. The van der Waals surface area contributed by atoms with Gasteiger partial charge in [0.15, 0.2) is 11.5 Å². The predicted molar refractivity (Wildman–Crippen MR) is 115 cm³/mol. The van der Waals surface area contributed by atoms with Crippen molar-refractivity contribution in [1.82, 2.24) is 0 Å². The molecule has 0 amide bonds. The van der Waals surface area contributed by atoms with Gasteiger partial charge in [-0.15, -0.1) is 0 Å². The lowest BCUT2D eigenvalue weighted by molar-refractivity contribution is -0.126. The average molecular weight is 450 g/mol. The van der Waals surface area contributed by atoms with E-state index in [1.165, 1.54) is 24.3 Å². The van der Waals surface area contributed by atoms with E-state index in [-0.39, 0.29) is 34.7 Å². The third-order valence-corrected chi connectivity index (χ3v) is 6.68. The minimum absolute atomic E-state index is 0.0504. The highest BCUT2D eigenvalue weighted by atomic mass is 16.7. The van der Waals surface area contributed by atoms with Gasteiger partial charge in [-0.25, -0.2) is 0 Å². The average Bonchev–Trinajstić information content (AvgIpc) is 2.73. The Bertz CT molecular complexity index is 1320. The zero-order valence-electron chi connectivity index (χ0n) is 17.7. The summed E-state index contributed by atoms with van der Waals surface area (Å²) in [6.07, 6.45) is 1.06. The Balaban J connectivity index is 1.52. The molecule has 0 fully saturated rings. The highest BCUT2D eigenvalue weighted by Gasteiger charge is 2.49. The molecule has 5 N–H and O–H groups in total. The van der Waals surface area contributed by atoms with E-state index >= 15 is 0 Å². The molecule has 8 nitrogen and oxygen atoms in total. The van der Waals surface area contributed by atoms with Gasteiger partial charge in [0.05, 0.1) is 0 Å². The first-order valence-corrected chi connectivity index (χ1v) is 10.7. The first kappa shape index (κ1) is 19.7. The van der Waals surface area contributed by atoms with Gasteiger partial charge in [0.2, 0.25) is 5.79 Å². The lowest BCUT2D eigenvalue weighted by atomic mass is 9.78. The van der Waals surface area contributed by atoms with Gasteiger partial charge in [-0.3, -0.25) is 0 Å². The van der Waals surface area contributed by atoms with Crippen LogP contribution < -0.4 is 14.2 Å². The maximum atomic E-state index is 10.7. The minimum Gasteiger partial charge on any atom is -0.508 e. The number of hydrogen-bond donors (Lipinski definition) is 5. The van der Waals surface area contributed by atoms with Crippen molar-refractivity contribution in [2.75, 3.05) is 0 Å². The largest absolute Gasteiger partial charge is 0.508 e. The molecule has 3 aliphatic rings. The predicted octanol–water partition coefficient (Wildman–Crippen LogP) is 4.30. The standard InChI is InChI=1S/C25H22O8/c1-25-10-14(22-18(30)7-12(26)8-20(22)32-25)23-21(33-25)9-16(28)13-3-5-19(31-24(13)23)11-2-4-15(27)17(29)6-11/h2,4,6-9,14,19,26-30H,3,5,10H2,1H3/t14-,19?,25+/m1/s1. The van der Waals surface area contributed by atoms with Crippen LogP contribution in [0.1, 0.15) is 54.0 Å². The Morgan fingerprint density at radius 1 is 0.818 bits per heavy atom. The second kappa shape index (κ2) is 6.54. The summed E-state index contributed by atoms with van der Waals surface area (Å²) in [6.45, 7) is 1.77. The van der Waals surface area contributed by atoms with Gasteiger partial charge in [0.1, 0.15) is 40.6 Å². The summed E-state index contributed by atoms with van der Waals surface area (Å²) in [5, 5.41) is 51.0. The van der Waals surface area contributed by atoms with Gasteiger partial charge in [0, 0.05) is 54.2 Å². The van der Waals surface area contributed by atoms with Gasteiger partial charge < -0.3 is 39.7 Å². The lowest BCUT2D eigenvalue weighted by Crippen LogP contribution is -2.47. The molecular formula is C25H22O8. The van der Waals surface area contributed by atoms with Gasteiger partial charge in [0.25, 0.3) is 0 Å². The summed E-state index contributed by atoms with van der Waals surface area (Å²) < 4.78 is 18.5. The van der Waals surface area contributed by atoms with Crippen LogP contribution in [-0.2, 0) is 6.42 Å². The third-order valence-electron chi connectivity index (χ3n) is 6.68. The molecule has 0 aliphatic carbocycles. The van der Waals surface area contributed by atoms with Crippen LogP contribution in [0.3, 0.4) is 0 Å². The molecule has 2 bridgehead atoms. The summed E-state index contributed by atoms with van der Waals surface area (Å²) >= 11 is 0. The van der Waals surface area contributed by atoms with Crippen LogP contribution in [0, 0.1) is 0 Å². The number of phenols is 5. The van der Waals surface area contributed by atoms with E-state index in [4.69, 9.17) is 14.2 Å². The fraction of sp³-hybridized carbons (Fsp3) is 0.280. The van der Waals surface area contributed by atoms with Crippen molar-refractivity contribution in [2.45, 2.75) is 44.0 Å². The number of aromatic hydroxyl groups is 5. The van der Waals surface area contributed by atoms with E-state index in [0.717, 1.165) is 0 Å². The van der Waals surface area contributed by atoms with Crippen LogP contribution in [-0.4, -0.2) is 31.3 Å². The van der Waals surface area contributed by atoms with Crippen LogP contribution in [0.2, 0.25) is 0 Å². The van der Waals surface area contributed by atoms with Gasteiger partial charge >= 0.3 is 0 Å². The van der Waals surface area contributed by atoms with E-state index < -0.39 is 11.9 Å². The molecule has 0 saturated carbocycles. The summed E-state index contributed by atoms with van der Waals surface area (Å²) in [4.78, 5) is 0. The number of hydrogen-bond acceptors (Lipinski definition) is 8. The molecule has 0 saturated heterocycles. The Morgan fingerprint density at radius 3 is 2.33 bits per heavy atom. The quantitative estimate of drug-likeness (QED) is 0.347. The highest BCUT2D eigenvalue weighted by Crippen LogP contribution is 2.60. The van der Waals surface area contributed by atoms with Crippen LogP contribution >= 0.6 is 0 Å². The number of benzene rings is 3. The summed E-state index contributed by atoms with van der Waals surface area (Å²) in [5.74, 6) is -0.819. The second-order valence-electron chi connectivity index (χ2n) is 8.98. The van der Waals surface area contributed by atoms with E-state index in [1.54, 1.807) is 19.1 Å². The van der Waals surface area contributed by atoms with E-state index in [2.05, 4.69) is 0 Å². The molecule has 3 aromatic rings. The van der Waals surface area contributed by atoms with Gasteiger partial charge in [-0.1, -0.05) is 6.07 Å². The molecule has 3 heterocycles. The molecule has 6 rings (SSSR count). The maximum absolute atomic E-state index is 10.7. The zero-order chi connectivity index (χ0) is 23.1. The molecule has 0 aromatic heterocycles. The number of rotatable bonds is 1. The van der Waals surface area contributed by atoms with Crippen LogP contribution in [0.25, 0.3) is 0 Å². The van der Waals surface area contributed by atoms with Crippen molar-refractivity contribution in [3.05, 3.63) is 58.7 Å². The number of phenolic OH excluding ortho intramolecular Hbond substituents is 5. The zero-order valence-corrected chi connectivity index (χ0v) is 17.7. The molecule has 3 atom stereocenters. The lowest BCUT2D eigenvalue weighted by Gasteiger charge is -2.45. The van der Waals surface area contributed by atoms with E-state index in [1.807, 2.05) is 0 Å². The fourth-order valence-electron chi connectivity index (χ4n) is 5.24. The van der Waals surface area contributed by atoms with Gasteiger partial charge in [-0.05, 0) is 30.5 Å². The first-order chi connectivity index (χ1) is 15.7. The summed E-state index contributed by atoms with van der Waals surface area (Å²) in [6, 6.07) is 8.84. The molecule has 8 heteroatoms. The van der Waals surface area contributed by atoms with Crippen molar-refractivity contribution < 1.29 is 39.7 Å². The Morgan fingerprint density at radius 2 is 1.58 bits per heavy atom. The number of ether oxygens (including phenoxy) is 3. The molecule has 3 aromatic carbocycles. The van der Waals surface area contributed by atoms with Crippen molar-refractivity contribution >= 4 is 0 Å². The monoisotopic (exact) mass is 450 g/mol. The second-order valence-corrected chi connectivity index (χ2v) is 8.98. The van der Waals surface area contributed by atoms with E-state index in [0.29, 0.717) is 58.8 Å². The summed E-state index contributed by atoms with van der Waals surface area (Å²) in [5.41, 5.74) is 2.55. The first-order valence-electron chi connectivity index (χ1n) is 10.7. The Hall–Kier alpha value is -3.94. The van der Waals surface area contributed by atoms with Gasteiger partial charge in [-0.2, -0.15) is 0 Å².